The molecule has 1 heterocycles. The molecule has 0 unspecified atom stereocenters. The highest BCUT2D eigenvalue weighted by Crippen LogP contribution is 2.34. The molecule has 17 heavy (non-hydrogen) atoms. The zero-order chi connectivity index (χ0) is 11.9. The third-order valence-corrected chi connectivity index (χ3v) is 3.84. The number of halogens is 1. The molecular weight excluding hydrogens is 258 g/mol. The highest BCUT2D eigenvalue weighted by molar-refractivity contribution is 7.73. The van der Waals surface area contributed by atoms with E-state index in [1.807, 2.05) is 6.08 Å². The lowest BCUT2D eigenvalue weighted by Gasteiger charge is -2.16. The van der Waals surface area contributed by atoms with Gasteiger partial charge in [-0.25, -0.2) is 4.58 Å². The zero-order valence-electron chi connectivity index (χ0n) is 10.2. The van der Waals surface area contributed by atoms with Gasteiger partial charge in [0.2, 0.25) is 16.0 Å². The Morgan fingerprint density at radius 3 is 2.53 bits per heavy atom. The smallest absolute Gasteiger partial charge is 0.221 e. The second kappa shape index (κ2) is 4.78. The second-order valence-corrected chi connectivity index (χ2v) is 5.75. The largest absolute Gasteiger partial charge is 1.00 e. The predicted octanol–water partition coefficient (Wildman–Crippen LogP) is -1.95. The fraction of sp³-hybridized carbons (Fsp3) is 0.500. The molecular formula is C12H16ClNO2S. The molecule has 0 aromatic heterocycles. The Balaban J connectivity index is 0.00000144. The van der Waals surface area contributed by atoms with Crippen molar-refractivity contribution in [3.8, 4) is 0 Å². The third kappa shape index (κ3) is 2.38. The normalized spacial score (nSPS) is 20.9. The SMILES string of the molecule is CC[N+]1=C2C=CC(=S(=O)=O)C=C2C(C)(C)C1.[Cl-]. The van der Waals surface area contributed by atoms with Crippen LogP contribution in [0.3, 0.4) is 0 Å². The second-order valence-electron chi connectivity index (χ2n) is 4.81. The molecule has 0 bridgehead atoms. The van der Waals surface area contributed by atoms with Crippen LogP contribution >= 0.6 is 0 Å². The van der Waals surface area contributed by atoms with Gasteiger partial charge in [-0.05, 0) is 32.9 Å². The quantitative estimate of drug-likeness (QED) is 0.412. The Bertz CT molecular complexity index is 557. The molecule has 3 nitrogen and oxygen atoms in total. The summed E-state index contributed by atoms with van der Waals surface area (Å²) < 4.78 is 24.2. The number of hydrogen-bond donors (Lipinski definition) is 0. The van der Waals surface area contributed by atoms with E-state index in [4.69, 9.17) is 0 Å². The van der Waals surface area contributed by atoms with Crippen LogP contribution in [-0.4, -0.2) is 36.7 Å². The van der Waals surface area contributed by atoms with E-state index in [9.17, 15) is 8.42 Å². The summed E-state index contributed by atoms with van der Waals surface area (Å²) in [7, 11) is -2.14. The minimum Gasteiger partial charge on any atom is -1.00 e. The molecule has 1 aliphatic carbocycles. The number of rotatable bonds is 1. The molecule has 0 saturated heterocycles. The van der Waals surface area contributed by atoms with Crippen LogP contribution in [0.15, 0.2) is 23.8 Å². The summed E-state index contributed by atoms with van der Waals surface area (Å²) in [5.74, 6) is 0. The van der Waals surface area contributed by atoms with Gasteiger partial charge >= 0.3 is 0 Å². The zero-order valence-corrected chi connectivity index (χ0v) is 11.8. The lowest BCUT2D eigenvalue weighted by Crippen LogP contribution is -3.00. The maximum Gasteiger partial charge on any atom is 0.221 e. The van der Waals surface area contributed by atoms with Gasteiger partial charge in [-0.2, -0.15) is 8.42 Å². The van der Waals surface area contributed by atoms with E-state index in [-0.39, 0.29) is 17.8 Å². The first kappa shape index (κ1) is 14.2. The number of allylic oxidation sites excluding steroid dienone is 3. The van der Waals surface area contributed by atoms with Crippen molar-refractivity contribution in [2.45, 2.75) is 20.8 Å². The van der Waals surface area contributed by atoms with Gasteiger partial charge in [-0.3, -0.25) is 0 Å². The van der Waals surface area contributed by atoms with Crippen molar-refractivity contribution in [3.05, 3.63) is 23.8 Å². The summed E-state index contributed by atoms with van der Waals surface area (Å²) in [4.78, 5) is 0.379. The monoisotopic (exact) mass is 273 g/mol. The molecule has 0 aromatic carbocycles. The molecule has 0 aromatic rings. The average molecular weight is 274 g/mol. The predicted molar refractivity (Wildman–Crippen MR) is 65.6 cm³/mol. The van der Waals surface area contributed by atoms with Gasteiger partial charge in [0.15, 0.2) is 6.54 Å². The minimum atomic E-state index is -2.14. The van der Waals surface area contributed by atoms with Crippen molar-refractivity contribution in [2.24, 2.45) is 5.41 Å². The lowest BCUT2D eigenvalue weighted by atomic mass is 9.82. The fourth-order valence-corrected chi connectivity index (χ4v) is 2.76. The van der Waals surface area contributed by atoms with Gasteiger partial charge in [0.05, 0.1) is 10.3 Å². The maximum absolute atomic E-state index is 10.9. The molecule has 0 atom stereocenters. The van der Waals surface area contributed by atoms with E-state index < -0.39 is 10.3 Å². The Hall–Kier alpha value is -0.870. The van der Waals surface area contributed by atoms with Crippen LogP contribution < -0.4 is 12.4 Å². The first-order valence-corrected chi connectivity index (χ1v) is 6.52. The Morgan fingerprint density at radius 1 is 1.35 bits per heavy atom. The molecule has 94 valence electrons. The van der Waals surface area contributed by atoms with E-state index in [0.717, 1.165) is 18.7 Å². The lowest BCUT2D eigenvalue weighted by molar-refractivity contribution is -0.525. The topological polar surface area (TPSA) is 37.1 Å². The molecule has 2 aliphatic rings. The first-order chi connectivity index (χ1) is 7.45. The molecule has 0 N–H and O–H groups in total. The van der Waals surface area contributed by atoms with Crippen molar-refractivity contribution in [3.63, 3.8) is 0 Å². The highest BCUT2D eigenvalue weighted by Gasteiger charge is 2.42. The standard InChI is InChI=1S/C12H16NO2S.ClH/c1-4-13-8-12(2,3)10-7-9(16(14)15)5-6-11(10)13;/h5-7H,4,8H2,1-3H3;1H/q+1;/p-1. The summed E-state index contributed by atoms with van der Waals surface area (Å²) in [6.07, 6.45) is 5.39. The van der Waals surface area contributed by atoms with Crippen LogP contribution in [0.25, 0.3) is 0 Å². The van der Waals surface area contributed by atoms with Crippen LogP contribution in [0, 0.1) is 5.41 Å². The first-order valence-electron chi connectivity index (χ1n) is 5.44. The van der Waals surface area contributed by atoms with Crippen LogP contribution in [0.1, 0.15) is 20.8 Å². The molecule has 0 saturated carbocycles. The maximum atomic E-state index is 10.9. The average Bonchev–Trinajstić information content (AvgIpc) is 2.50. The van der Waals surface area contributed by atoms with Gasteiger partial charge in [0.1, 0.15) is 6.54 Å². The van der Waals surface area contributed by atoms with Gasteiger partial charge < -0.3 is 12.4 Å². The summed E-state index contributed by atoms with van der Waals surface area (Å²) >= 11 is 0. The molecule has 0 radical (unpaired) electrons. The van der Waals surface area contributed by atoms with E-state index in [2.05, 4.69) is 25.3 Å². The molecule has 0 spiro atoms. The van der Waals surface area contributed by atoms with E-state index >= 15 is 0 Å². The summed E-state index contributed by atoms with van der Waals surface area (Å²) in [5, 5.41) is 0. The van der Waals surface area contributed by atoms with Gasteiger partial charge in [-0.1, -0.05) is 0 Å². The number of hydrogen-bond acceptors (Lipinski definition) is 2. The van der Waals surface area contributed by atoms with Gasteiger partial charge in [0.25, 0.3) is 0 Å². The van der Waals surface area contributed by atoms with Crippen LogP contribution in [0.5, 0.6) is 0 Å². The highest BCUT2D eigenvalue weighted by atomic mass is 35.5. The van der Waals surface area contributed by atoms with Crippen LogP contribution in [-0.2, 0) is 10.3 Å². The number of nitrogens with zero attached hydrogens (tertiary/aromatic N) is 1. The van der Waals surface area contributed by atoms with Crippen molar-refractivity contribution < 1.29 is 25.4 Å². The molecule has 5 heteroatoms. The molecule has 2 rings (SSSR count). The summed E-state index contributed by atoms with van der Waals surface area (Å²) in [5.41, 5.74) is 2.33. The van der Waals surface area contributed by atoms with Crippen molar-refractivity contribution in [1.82, 2.24) is 0 Å². The number of fused-ring (bicyclic) bond motifs is 1. The molecule has 0 amide bonds. The summed E-state index contributed by atoms with van der Waals surface area (Å²) in [6.45, 7) is 8.33. The molecule has 1 aliphatic heterocycles. The van der Waals surface area contributed by atoms with Crippen molar-refractivity contribution >= 4 is 20.9 Å². The van der Waals surface area contributed by atoms with E-state index in [1.165, 1.54) is 5.71 Å². The third-order valence-electron chi connectivity index (χ3n) is 3.20. The molecule has 0 fully saturated rings. The Kier molecular flexibility index (Phi) is 3.99. The summed E-state index contributed by atoms with van der Waals surface area (Å²) in [6, 6.07) is 0. The fourth-order valence-electron chi connectivity index (χ4n) is 2.37. The Morgan fingerprint density at radius 2 is 2.00 bits per heavy atom. The van der Waals surface area contributed by atoms with E-state index in [1.54, 1.807) is 12.2 Å². The van der Waals surface area contributed by atoms with Gasteiger partial charge in [0, 0.05) is 11.6 Å². The van der Waals surface area contributed by atoms with Crippen LogP contribution in [0.2, 0.25) is 0 Å². The van der Waals surface area contributed by atoms with Crippen molar-refractivity contribution in [2.75, 3.05) is 13.1 Å². The van der Waals surface area contributed by atoms with Crippen molar-refractivity contribution in [1.29, 1.82) is 0 Å². The minimum absolute atomic E-state index is 0. The van der Waals surface area contributed by atoms with Crippen LogP contribution in [0.4, 0.5) is 0 Å². The Labute approximate surface area is 109 Å². The van der Waals surface area contributed by atoms with Gasteiger partial charge in [-0.15, -0.1) is 0 Å². The van der Waals surface area contributed by atoms with E-state index in [0.29, 0.717) is 4.86 Å².